The highest BCUT2D eigenvalue weighted by atomic mass is 79.9. The van der Waals surface area contributed by atoms with Gasteiger partial charge in [-0.1, -0.05) is 41.9 Å². The number of aliphatic hydroxyl groups excluding tert-OH is 1. The topological polar surface area (TPSA) is 33.1 Å². The first-order chi connectivity index (χ1) is 11.0. The Morgan fingerprint density at radius 1 is 1.30 bits per heavy atom. The summed E-state index contributed by atoms with van der Waals surface area (Å²) in [5, 5.41) is 13.4. The van der Waals surface area contributed by atoms with Gasteiger partial charge in [0.1, 0.15) is 11.9 Å². The van der Waals surface area contributed by atoms with E-state index >= 15 is 0 Å². The van der Waals surface area contributed by atoms with Gasteiger partial charge in [-0.25, -0.2) is 9.37 Å². The fourth-order valence-electron chi connectivity index (χ4n) is 2.52. The van der Waals surface area contributed by atoms with Crippen molar-refractivity contribution in [2.24, 2.45) is 0 Å². The summed E-state index contributed by atoms with van der Waals surface area (Å²) in [6, 6.07) is 9.07. The molecule has 0 saturated heterocycles. The van der Waals surface area contributed by atoms with Crippen LogP contribution in [-0.2, 0) is 0 Å². The van der Waals surface area contributed by atoms with Gasteiger partial charge in [-0.05, 0) is 29.7 Å². The van der Waals surface area contributed by atoms with Crippen LogP contribution in [0.5, 0.6) is 0 Å². The van der Waals surface area contributed by atoms with Gasteiger partial charge < -0.3 is 5.11 Å². The highest BCUT2D eigenvalue weighted by Gasteiger charge is 2.16. The highest BCUT2D eigenvalue weighted by molar-refractivity contribution is 9.09. The molecule has 0 aliphatic heterocycles. The molecule has 5 heteroatoms. The standard InChI is InChI=1S/C18H17BrFNOS/c1-10(2)11-6-15(21-16(7-11)17(22)8-19)13-9-23-18-12(13)4-3-5-14(18)20/h3-7,9-10,17,22H,8H2,1-2H3. The van der Waals surface area contributed by atoms with E-state index < -0.39 is 6.10 Å². The zero-order valence-electron chi connectivity index (χ0n) is 12.9. The summed E-state index contributed by atoms with van der Waals surface area (Å²) >= 11 is 4.68. The van der Waals surface area contributed by atoms with Crippen molar-refractivity contribution in [1.29, 1.82) is 0 Å². The highest BCUT2D eigenvalue weighted by Crippen LogP contribution is 2.36. The minimum absolute atomic E-state index is 0.209. The fraction of sp³-hybridized carbons (Fsp3) is 0.278. The number of nitrogens with zero attached hydrogens (tertiary/aromatic N) is 1. The fourth-order valence-corrected chi connectivity index (χ4v) is 3.82. The van der Waals surface area contributed by atoms with E-state index in [2.05, 4.69) is 34.8 Å². The number of halogens is 2. The number of fused-ring (bicyclic) bond motifs is 1. The zero-order valence-corrected chi connectivity index (χ0v) is 15.3. The van der Waals surface area contributed by atoms with E-state index in [0.717, 1.165) is 22.2 Å². The van der Waals surface area contributed by atoms with Crippen molar-refractivity contribution in [2.45, 2.75) is 25.9 Å². The van der Waals surface area contributed by atoms with Crippen LogP contribution in [-0.4, -0.2) is 15.4 Å². The van der Waals surface area contributed by atoms with Gasteiger partial charge in [0.05, 0.1) is 16.1 Å². The van der Waals surface area contributed by atoms with Gasteiger partial charge in [0.15, 0.2) is 0 Å². The number of aliphatic hydroxyl groups is 1. The van der Waals surface area contributed by atoms with Gasteiger partial charge in [-0.3, -0.25) is 0 Å². The molecule has 3 rings (SSSR count). The summed E-state index contributed by atoms with van der Waals surface area (Å²) in [5.74, 6) is 0.110. The molecule has 0 saturated carbocycles. The SMILES string of the molecule is CC(C)c1cc(-c2csc3c(F)cccc23)nc(C(O)CBr)c1. The van der Waals surface area contributed by atoms with E-state index in [1.165, 1.54) is 17.4 Å². The molecule has 0 aliphatic rings. The molecule has 2 heterocycles. The molecule has 23 heavy (non-hydrogen) atoms. The van der Waals surface area contributed by atoms with Crippen LogP contribution in [0.15, 0.2) is 35.7 Å². The van der Waals surface area contributed by atoms with Crippen LogP contribution in [0, 0.1) is 5.82 Å². The summed E-state index contributed by atoms with van der Waals surface area (Å²) in [4.78, 5) is 4.61. The minimum Gasteiger partial charge on any atom is -0.386 e. The molecule has 1 atom stereocenters. The molecule has 1 unspecified atom stereocenters. The average molecular weight is 394 g/mol. The number of benzene rings is 1. The second-order valence-electron chi connectivity index (χ2n) is 5.80. The monoisotopic (exact) mass is 393 g/mol. The Labute approximate surface area is 147 Å². The Bertz CT molecular complexity index is 846. The van der Waals surface area contributed by atoms with Gasteiger partial charge in [-0.2, -0.15) is 0 Å². The lowest BCUT2D eigenvalue weighted by atomic mass is 9.99. The second-order valence-corrected chi connectivity index (χ2v) is 7.33. The number of aromatic nitrogens is 1. The lowest BCUT2D eigenvalue weighted by molar-refractivity contribution is 0.200. The van der Waals surface area contributed by atoms with Crippen molar-refractivity contribution in [3.8, 4) is 11.3 Å². The van der Waals surface area contributed by atoms with Gasteiger partial charge in [0.2, 0.25) is 0 Å². The van der Waals surface area contributed by atoms with E-state index in [4.69, 9.17) is 0 Å². The largest absolute Gasteiger partial charge is 0.386 e. The van der Waals surface area contributed by atoms with Crippen molar-refractivity contribution in [1.82, 2.24) is 4.98 Å². The van der Waals surface area contributed by atoms with Gasteiger partial charge in [0.25, 0.3) is 0 Å². The van der Waals surface area contributed by atoms with Crippen molar-refractivity contribution in [2.75, 3.05) is 5.33 Å². The predicted molar refractivity (Wildman–Crippen MR) is 97.9 cm³/mol. The molecular formula is C18H17BrFNOS. The lowest BCUT2D eigenvalue weighted by Crippen LogP contribution is -2.04. The maximum Gasteiger partial charge on any atom is 0.141 e. The van der Waals surface area contributed by atoms with E-state index in [1.54, 1.807) is 6.07 Å². The quantitative estimate of drug-likeness (QED) is 0.580. The molecular weight excluding hydrogens is 377 g/mol. The Morgan fingerprint density at radius 3 is 2.78 bits per heavy atom. The number of alkyl halides is 1. The third-order valence-electron chi connectivity index (χ3n) is 3.85. The van der Waals surface area contributed by atoms with Crippen LogP contribution in [0.25, 0.3) is 21.3 Å². The lowest BCUT2D eigenvalue weighted by Gasteiger charge is -2.14. The van der Waals surface area contributed by atoms with Gasteiger partial charge >= 0.3 is 0 Å². The number of pyridine rings is 1. The normalized spacial score (nSPS) is 13.0. The first kappa shape index (κ1) is 16.6. The summed E-state index contributed by atoms with van der Waals surface area (Å²) in [5.41, 5.74) is 3.44. The molecule has 0 aliphatic carbocycles. The third-order valence-corrected chi connectivity index (χ3v) is 5.47. The van der Waals surface area contributed by atoms with Crippen molar-refractivity contribution in [3.63, 3.8) is 0 Å². The van der Waals surface area contributed by atoms with Crippen LogP contribution in [0.2, 0.25) is 0 Å². The van der Waals surface area contributed by atoms with Crippen LogP contribution < -0.4 is 0 Å². The van der Waals surface area contributed by atoms with Gasteiger partial charge in [0, 0.05) is 21.7 Å². The molecule has 0 bridgehead atoms. The van der Waals surface area contributed by atoms with Crippen molar-refractivity contribution in [3.05, 3.63) is 52.8 Å². The van der Waals surface area contributed by atoms with Gasteiger partial charge in [-0.15, -0.1) is 11.3 Å². The number of hydrogen-bond donors (Lipinski definition) is 1. The van der Waals surface area contributed by atoms with E-state index in [-0.39, 0.29) is 5.82 Å². The molecule has 3 aromatic rings. The first-order valence-electron chi connectivity index (χ1n) is 7.43. The smallest absolute Gasteiger partial charge is 0.141 e. The molecule has 0 radical (unpaired) electrons. The molecule has 1 N–H and O–H groups in total. The third kappa shape index (κ3) is 3.18. The van der Waals surface area contributed by atoms with Crippen LogP contribution in [0.1, 0.15) is 37.1 Å². The summed E-state index contributed by atoms with van der Waals surface area (Å²) in [7, 11) is 0. The Kier molecular flexibility index (Phi) is 4.80. The Balaban J connectivity index is 2.21. The second kappa shape index (κ2) is 6.67. The molecule has 1 aromatic carbocycles. The van der Waals surface area contributed by atoms with Crippen LogP contribution in [0.4, 0.5) is 4.39 Å². The van der Waals surface area contributed by atoms with E-state index in [9.17, 15) is 9.50 Å². The minimum atomic E-state index is -0.658. The molecule has 2 nitrogen and oxygen atoms in total. The zero-order chi connectivity index (χ0) is 16.6. The summed E-state index contributed by atoms with van der Waals surface area (Å²) in [6.45, 7) is 4.21. The maximum absolute atomic E-state index is 13.9. The van der Waals surface area contributed by atoms with Crippen molar-refractivity contribution >= 4 is 37.4 Å². The Hall–Kier alpha value is -1.30. The predicted octanol–water partition coefficient (Wildman–Crippen LogP) is 5.65. The number of rotatable bonds is 4. The van der Waals surface area contributed by atoms with Crippen LogP contribution >= 0.6 is 27.3 Å². The summed E-state index contributed by atoms with van der Waals surface area (Å²) in [6.07, 6.45) is -0.658. The summed E-state index contributed by atoms with van der Waals surface area (Å²) < 4.78 is 14.6. The molecule has 120 valence electrons. The molecule has 0 fully saturated rings. The number of hydrogen-bond acceptors (Lipinski definition) is 3. The molecule has 2 aromatic heterocycles. The first-order valence-corrected chi connectivity index (χ1v) is 9.43. The average Bonchev–Trinajstić information content (AvgIpc) is 2.99. The number of thiophene rings is 1. The maximum atomic E-state index is 13.9. The van der Waals surface area contributed by atoms with E-state index in [1.807, 2.05) is 23.6 Å². The molecule has 0 spiro atoms. The van der Waals surface area contributed by atoms with Crippen LogP contribution in [0.3, 0.4) is 0 Å². The van der Waals surface area contributed by atoms with Crippen molar-refractivity contribution < 1.29 is 9.50 Å². The molecule has 0 amide bonds. The Morgan fingerprint density at radius 2 is 2.09 bits per heavy atom. The van der Waals surface area contributed by atoms with E-state index in [0.29, 0.717) is 21.6 Å².